The number of nitrogens with zero attached hydrogens (tertiary/aromatic N) is 3. The molecule has 1 saturated carbocycles. The number of nitrogens with one attached hydrogen (secondary N) is 1. The molecule has 1 aromatic heterocycles. The van der Waals surface area contributed by atoms with E-state index in [4.69, 9.17) is 0 Å². The van der Waals surface area contributed by atoms with Gasteiger partial charge in [0, 0.05) is 25.3 Å². The minimum atomic E-state index is -4.42. The van der Waals surface area contributed by atoms with E-state index in [1.165, 1.54) is 35.9 Å². The predicted molar refractivity (Wildman–Crippen MR) is 98.2 cm³/mol. The van der Waals surface area contributed by atoms with Gasteiger partial charge in [0.05, 0.1) is 11.3 Å². The number of amides is 1. The van der Waals surface area contributed by atoms with Gasteiger partial charge in [0.25, 0.3) is 5.91 Å². The van der Waals surface area contributed by atoms with E-state index in [9.17, 15) is 18.0 Å². The molecule has 150 valence electrons. The van der Waals surface area contributed by atoms with Crippen LogP contribution in [0, 0.1) is 5.92 Å². The van der Waals surface area contributed by atoms with E-state index in [-0.39, 0.29) is 17.3 Å². The van der Waals surface area contributed by atoms with E-state index >= 15 is 0 Å². The minimum Gasteiger partial charge on any atom is -0.337 e. The largest absolute Gasteiger partial charge is 0.416 e. The number of aromatic nitrogens is 2. The van der Waals surface area contributed by atoms with E-state index in [0.717, 1.165) is 37.4 Å². The Bertz CT molecular complexity index is 836. The van der Waals surface area contributed by atoms with Crippen LogP contribution in [0.1, 0.15) is 41.7 Å². The van der Waals surface area contributed by atoms with Crippen molar-refractivity contribution in [3.63, 3.8) is 0 Å². The number of likely N-dealkylation sites (tertiary alicyclic amines) is 1. The molecule has 1 aliphatic carbocycles. The molecule has 0 spiro atoms. The van der Waals surface area contributed by atoms with Crippen molar-refractivity contribution in [1.29, 1.82) is 0 Å². The highest BCUT2D eigenvalue weighted by Crippen LogP contribution is 2.30. The van der Waals surface area contributed by atoms with Crippen molar-refractivity contribution in [2.75, 3.05) is 19.6 Å². The summed E-state index contributed by atoms with van der Waals surface area (Å²) in [5.74, 6) is 0.658. The molecule has 0 unspecified atom stereocenters. The normalized spacial score (nSPS) is 18.5. The summed E-state index contributed by atoms with van der Waals surface area (Å²) in [5.41, 5.74) is -0.215. The Morgan fingerprint density at radius 2 is 1.89 bits per heavy atom. The molecular weight excluding hydrogens is 369 g/mol. The van der Waals surface area contributed by atoms with Gasteiger partial charge < -0.3 is 10.2 Å². The molecule has 1 N–H and O–H groups in total. The molecule has 1 aromatic carbocycles. The molecule has 2 aliphatic rings. The van der Waals surface area contributed by atoms with Crippen LogP contribution in [0.15, 0.2) is 36.5 Å². The molecule has 2 fully saturated rings. The maximum Gasteiger partial charge on any atom is 0.416 e. The first-order valence-electron chi connectivity index (χ1n) is 9.66. The fourth-order valence-corrected chi connectivity index (χ4v) is 3.51. The third-order valence-electron chi connectivity index (χ3n) is 5.42. The fraction of sp³-hybridized carbons (Fsp3) is 0.500. The third-order valence-corrected chi connectivity index (χ3v) is 5.42. The zero-order chi connectivity index (χ0) is 19.7. The number of rotatable bonds is 5. The van der Waals surface area contributed by atoms with E-state index < -0.39 is 11.7 Å². The lowest BCUT2D eigenvalue weighted by Gasteiger charge is -2.32. The van der Waals surface area contributed by atoms with Gasteiger partial charge in [-0.05, 0) is 62.4 Å². The Morgan fingerprint density at radius 1 is 1.14 bits per heavy atom. The summed E-state index contributed by atoms with van der Waals surface area (Å²) in [6.07, 6.45) is 1.56. The van der Waals surface area contributed by atoms with Gasteiger partial charge in [0.15, 0.2) is 5.69 Å². The first-order valence-corrected chi connectivity index (χ1v) is 9.66. The summed E-state index contributed by atoms with van der Waals surface area (Å²) in [4.78, 5) is 14.5. The molecule has 1 aliphatic heterocycles. The molecule has 2 heterocycles. The molecule has 1 saturated heterocycles. The summed E-state index contributed by atoms with van der Waals surface area (Å²) >= 11 is 0. The first kappa shape index (κ1) is 19.0. The third kappa shape index (κ3) is 4.38. The lowest BCUT2D eigenvalue weighted by atomic mass is 10.0. The second kappa shape index (κ2) is 7.58. The van der Waals surface area contributed by atoms with Crippen molar-refractivity contribution >= 4 is 5.91 Å². The summed E-state index contributed by atoms with van der Waals surface area (Å²) in [5, 5.41) is 7.78. The van der Waals surface area contributed by atoms with Gasteiger partial charge in [-0.25, -0.2) is 4.68 Å². The van der Waals surface area contributed by atoms with Crippen molar-refractivity contribution in [2.45, 2.75) is 37.9 Å². The Morgan fingerprint density at radius 3 is 2.57 bits per heavy atom. The van der Waals surface area contributed by atoms with Crippen molar-refractivity contribution in [1.82, 2.24) is 20.0 Å². The highest BCUT2D eigenvalue weighted by Gasteiger charge is 2.31. The Labute approximate surface area is 161 Å². The minimum absolute atomic E-state index is 0.175. The van der Waals surface area contributed by atoms with Gasteiger partial charge in [-0.15, -0.1) is 0 Å². The van der Waals surface area contributed by atoms with Gasteiger partial charge in [0.1, 0.15) is 0 Å². The smallest absolute Gasteiger partial charge is 0.337 e. The molecule has 28 heavy (non-hydrogen) atoms. The zero-order valence-electron chi connectivity index (χ0n) is 15.5. The maximum absolute atomic E-state index is 12.9. The number of hydrogen-bond acceptors (Lipinski definition) is 3. The van der Waals surface area contributed by atoms with E-state index in [1.807, 2.05) is 0 Å². The van der Waals surface area contributed by atoms with Crippen LogP contribution in [0.4, 0.5) is 13.2 Å². The number of benzene rings is 1. The van der Waals surface area contributed by atoms with Gasteiger partial charge in [-0.2, -0.15) is 18.3 Å². The summed E-state index contributed by atoms with van der Waals surface area (Å²) in [6, 6.07) is 6.92. The molecule has 5 nitrogen and oxygen atoms in total. The number of alkyl halides is 3. The van der Waals surface area contributed by atoms with Crippen LogP contribution in [-0.2, 0) is 6.18 Å². The van der Waals surface area contributed by atoms with Crippen LogP contribution in [0.2, 0.25) is 0 Å². The van der Waals surface area contributed by atoms with Crippen LogP contribution in [0.5, 0.6) is 0 Å². The molecule has 2 aromatic rings. The van der Waals surface area contributed by atoms with Gasteiger partial charge in [0.2, 0.25) is 0 Å². The number of carbonyl (C=O) groups excluding carboxylic acids is 1. The number of carbonyl (C=O) groups is 1. The van der Waals surface area contributed by atoms with Crippen LogP contribution in [0.3, 0.4) is 0 Å². The van der Waals surface area contributed by atoms with Crippen LogP contribution >= 0.6 is 0 Å². The van der Waals surface area contributed by atoms with Crippen LogP contribution in [0.25, 0.3) is 5.69 Å². The maximum atomic E-state index is 12.9. The zero-order valence-corrected chi connectivity index (χ0v) is 15.5. The fourth-order valence-electron chi connectivity index (χ4n) is 3.51. The Hall–Kier alpha value is -2.35. The average molecular weight is 392 g/mol. The molecule has 8 heteroatoms. The van der Waals surface area contributed by atoms with Crippen molar-refractivity contribution in [3.05, 3.63) is 47.8 Å². The van der Waals surface area contributed by atoms with Crippen molar-refractivity contribution < 1.29 is 18.0 Å². The predicted octanol–water partition coefficient (Wildman–Crippen LogP) is 3.50. The average Bonchev–Trinajstić information content (AvgIpc) is 3.39. The molecule has 1 amide bonds. The second-order valence-electron chi connectivity index (χ2n) is 7.61. The molecule has 0 bridgehead atoms. The molecule has 0 radical (unpaired) electrons. The quantitative estimate of drug-likeness (QED) is 0.848. The first-order chi connectivity index (χ1) is 13.4. The van der Waals surface area contributed by atoms with Gasteiger partial charge >= 0.3 is 6.18 Å². The summed E-state index contributed by atoms with van der Waals surface area (Å²) in [6.45, 7) is 2.40. The Kier molecular flexibility index (Phi) is 5.14. The summed E-state index contributed by atoms with van der Waals surface area (Å²) < 4.78 is 40.0. The van der Waals surface area contributed by atoms with Crippen LogP contribution in [-0.4, -0.2) is 46.3 Å². The number of hydrogen-bond donors (Lipinski definition) is 1. The number of piperidine rings is 1. The monoisotopic (exact) mass is 392 g/mol. The van der Waals surface area contributed by atoms with Gasteiger partial charge in [-0.3, -0.25) is 4.79 Å². The molecule has 0 atom stereocenters. The Balaban J connectivity index is 1.38. The standard InChI is InChI=1S/C20H23F3N4O/c21-20(22,23)15-2-1-3-17(12-15)27-11-8-18(25-27)19(28)26-9-6-16(7-10-26)24-13-14-4-5-14/h1-3,8,11-12,14,16,24H,4-7,9-10,13H2. The molecule has 4 rings (SSSR count). The lowest BCUT2D eigenvalue weighted by molar-refractivity contribution is -0.137. The van der Waals surface area contributed by atoms with Gasteiger partial charge in [-0.1, -0.05) is 6.07 Å². The van der Waals surface area contributed by atoms with Crippen molar-refractivity contribution in [2.24, 2.45) is 5.92 Å². The topological polar surface area (TPSA) is 50.2 Å². The highest BCUT2D eigenvalue weighted by atomic mass is 19.4. The second-order valence-corrected chi connectivity index (χ2v) is 7.61. The summed E-state index contributed by atoms with van der Waals surface area (Å²) in [7, 11) is 0. The molecular formula is C20H23F3N4O. The van der Waals surface area contributed by atoms with E-state index in [1.54, 1.807) is 11.0 Å². The van der Waals surface area contributed by atoms with Crippen molar-refractivity contribution in [3.8, 4) is 5.69 Å². The SMILES string of the molecule is O=C(c1ccn(-c2cccc(C(F)(F)F)c2)n1)N1CCC(NCC2CC2)CC1. The van der Waals surface area contributed by atoms with E-state index in [0.29, 0.717) is 19.1 Å². The van der Waals surface area contributed by atoms with E-state index in [2.05, 4.69) is 10.4 Å². The number of halogens is 3. The highest BCUT2D eigenvalue weighted by molar-refractivity contribution is 5.92. The lowest BCUT2D eigenvalue weighted by Crippen LogP contribution is -2.45. The van der Waals surface area contributed by atoms with Crippen LogP contribution < -0.4 is 5.32 Å².